The Balaban J connectivity index is 2.15. The molecule has 138 valence electrons. The molecule has 2 rings (SSSR count). The van der Waals surface area contributed by atoms with Crippen LogP contribution in [0.2, 0.25) is 0 Å². The molecule has 25 heavy (non-hydrogen) atoms. The van der Waals surface area contributed by atoms with Crippen molar-refractivity contribution in [3.05, 3.63) is 29.6 Å². The summed E-state index contributed by atoms with van der Waals surface area (Å²) in [6.07, 6.45) is 0.441. The Morgan fingerprint density at radius 3 is 2.56 bits per heavy atom. The average molecular weight is 367 g/mol. The summed E-state index contributed by atoms with van der Waals surface area (Å²) in [4.78, 5) is 30.6. The van der Waals surface area contributed by atoms with Crippen molar-refractivity contribution in [3.63, 3.8) is 0 Å². The average Bonchev–Trinajstić information content (AvgIpc) is 2.93. The van der Waals surface area contributed by atoms with Crippen LogP contribution >= 0.6 is 0 Å². The number of amides is 2. The van der Waals surface area contributed by atoms with Gasteiger partial charge in [-0.3, -0.25) is 9.59 Å². The molecule has 0 spiro atoms. The van der Waals surface area contributed by atoms with Crippen LogP contribution in [0.5, 0.6) is 0 Å². The van der Waals surface area contributed by atoms with Crippen molar-refractivity contribution in [1.82, 2.24) is 15.2 Å². The topological polar surface area (TPSA) is 96.4 Å². The Bertz CT molecular complexity index is 746. The first-order chi connectivity index (χ1) is 11.7. The lowest BCUT2D eigenvalue weighted by atomic mass is 10.2. The highest BCUT2D eigenvalue weighted by molar-refractivity contribution is 7.91. The van der Waals surface area contributed by atoms with E-state index in [4.69, 9.17) is 0 Å². The van der Waals surface area contributed by atoms with Gasteiger partial charge in [0.05, 0.1) is 11.5 Å². The number of aromatic nitrogens is 1. The van der Waals surface area contributed by atoms with Crippen LogP contribution in [0.15, 0.2) is 18.2 Å². The number of carbonyl (C=O) groups excluding carboxylic acids is 2. The van der Waals surface area contributed by atoms with E-state index < -0.39 is 9.84 Å². The fourth-order valence-corrected chi connectivity index (χ4v) is 4.53. The third kappa shape index (κ3) is 5.01. The molecule has 1 saturated heterocycles. The summed E-state index contributed by atoms with van der Waals surface area (Å²) in [6.45, 7) is 6.71. The van der Waals surface area contributed by atoms with E-state index in [0.29, 0.717) is 25.4 Å². The van der Waals surface area contributed by atoms with Gasteiger partial charge >= 0.3 is 0 Å². The number of hydrogen-bond acceptors (Lipinski definition) is 5. The molecule has 1 fully saturated rings. The molecule has 1 aromatic heterocycles. The van der Waals surface area contributed by atoms with Crippen molar-refractivity contribution in [2.24, 2.45) is 5.92 Å². The van der Waals surface area contributed by atoms with Crippen LogP contribution < -0.4 is 5.32 Å². The second-order valence-corrected chi connectivity index (χ2v) is 8.89. The van der Waals surface area contributed by atoms with Gasteiger partial charge in [-0.05, 0) is 31.4 Å². The normalized spacial score (nSPS) is 19.0. The molecule has 0 aromatic carbocycles. The van der Waals surface area contributed by atoms with Crippen LogP contribution in [0, 0.1) is 5.92 Å². The first kappa shape index (κ1) is 19.4. The summed E-state index contributed by atoms with van der Waals surface area (Å²) in [7, 11) is -3.08. The molecule has 1 aromatic rings. The van der Waals surface area contributed by atoms with Crippen LogP contribution in [0.4, 0.5) is 0 Å². The third-order valence-electron chi connectivity index (χ3n) is 4.12. The summed E-state index contributed by atoms with van der Waals surface area (Å²) in [5, 5.41) is 2.77. The van der Waals surface area contributed by atoms with Gasteiger partial charge in [0.1, 0.15) is 11.4 Å². The predicted molar refractivity (Wildman–Crippen MR) is 95.2 cm³/mol. The molecule has 1 atom stereocenters. The van der Waals surface area contributed by atoms with E-state index in [-0.39, 0.29) is 40.7 Å². The standard InChI is InChI=1S/C17H25N3O4S/c1-4-20(13-8-9-25(23,24)11-13)17(22)15-7-5-6-14(19-15)16(21)18-10-12(2)3/h5-7,12-13H,4,8-11H2,1-3H3,(H,18,21). The third-order valence-corrected chi connectivity index (χ3v) is 5.87. The van der Waals surface area contributed by atoms with Crippen LogP contribution in [0.25, 0.3) is 0 Å². The predicted octanol–water partition coefficient (Wildman–Crippen LogP) is 1.12. The maximum Gasteiger partial charge on any atom is 0.272 e. The lowest BCUT2D eigenvalue weighted by Crippen LogP contribution is -2.41. The van der Waals surface area contributed by atoms with E-state index in [0.717, 1.165) is 0 Å². The van der Waals surface area contributed by atoms with E-state index in [1.165, 1.54) is 4.90 Å². The molecular formula is C17H25N3O4S. The Labute approximate surface area is 148 Å². The highest BCUT2D eigenvalue weighted by Gasteiger charge is 2.34. The van der Waals surface area contributed by atoms with Crippen LogP contribution in [-0.2, 0) is 9.84 Å². The van der Waals surface area contributed by atoms with Crippen LogP contribution in [0.3, 0.4) is 0 Å². The fraction of sp³-hybridized carbons (Fsp3) is 0.588. The molecule has 1 unspecified atom stereocenters. The van der Waals surface area contributed by atoms with Crippen molar-refractivity contribution in [1.29, 1.82) is 0 Å². The maximum absolute atomic E-state index is 12.8. The molecule has 0 radical (unpaired) electrons. The van der Waals surface area contributed by atoms with E-state index >= 15 is 0 Å². The van der Waals surface area contributed by atoms with Gasteiger partial charge in [-0.2, -0.15) is 0 Å². The molecule has 7 nitrogen and oxygen atoms in total. The monoisotopic (exact) mass is 367 g/mol. The van der Waals surface area contributed by atoms with Crippen molar-refractivity contribution >= 4 is 21.7 Å². The van der Waals surface area contributed by atoms with Gasteiger partial charge in [-0.1, -0.05) is 19.9 Å². The Hall–Kier alpha value is -1.96. The van der Waals surface area contributed by atoms with Gasteiger partial charge in [0.25, 0.3) is 11.8 Å². The summed E-state index contributed by atoms with van der Waals surface area (Å²) >= 11 is 0. The highest BCUT2D eigenvalue weighted by atomic mass is 32.2. The van der Waals surface area contributed by atoms with E-state index in [1.807, 2.05) is 20.8 Å². The lowest BCUT2D eigenvalue weighted by molar-refractivity contribution is 0.0702. The van der Waals surface area contributed by atoms with E-state index in [9.17, 15) is 18.0 Å². The number of rotatable bonds is 6. The highest BCUT2D eigenvalue weighted by Crippen LogP contribution is 2.19. The number of nitrogens with one attached hydrogen (secondary N) is 1. The smallest absolute Gasteiger partial charge is 0.272 e. The molecule has 0 bridgehead atoms. The number of sulfone groups is 1. The molecule has 0 saturated carbocycles. The lowest BCUT2D eigenvalue weighted by Gasteiger charge is -2.26. The number of hydrogen-bond donors (Lipinski definition) is 1. The van der Waals surface area contributed by atoms with Crippen molar-refractivity contribution in [3.8, 4) is 0 Å². The molecule has 1 aliphatic rings. The van der Waals surface area contributed by atoms with Gasteiger partial charge < -0.3 is 10.2 Å². The van der Waals surface area contributed by atoms with Crippen LogP contribution in [-0.4, -0.2) is 60.8 Å². The summed E-state index contributed by atoms with van der Waals surface area (Å²) in [5.74, 6) is -0.264. The van der Waals surface area contributed by atoms with E-state index in [2.05, 4.69) is 10.3 Å². The minimum Gasteiger partial charge on any atom is -0.350 e. The summed E-state index contributed by atoms with van der Waals surface area (Å²) in [5.41, 5.74) is 0.338. The van der Waals surface area contributed by atoms with Crippen molar-refractivity contribution in [2.45, 2.75) is 33.2 Å². The molecule has 0 aliphatic carbocycles. The molecule has 1 N–H and O–H groups in total. The molecule has 2 heterocycles. The van der Waals surface area contributed by atoms with Gasteiger partial charge in [0.2, 0.25) is 0 Å². The zero-order chi connectivity index (χ0) is 18.6. The van der Waals surface area contributed by atoms with Crippen molar-refractivity contribution in [2.75, 3.05) is 24.6 Å². The maximum atomic E-state index is 12.8. The second kappa shape index (κ2) is 7.95. The summed E-state index contributed by atoms with van der Waals surface area (Å²) in [6, 6.07) is 4.39. The molecule has 1 aliphatic heterocycles. The Kier molecular flexibility index (Phi) is 6.16. The Morgan fingerprint density at radius 2 is 2.00 bits per heavy atom. The molecular weight excluding hydrogens is 342 g/mol. The zero-order valence-corrected chi connectivity index (χ0v) is 15.7. The van der Waals surface area contributed by atoms with Gasteiger partial charge in [0.15, 0.2) is 9.84 Å². The van der Waals surface area contributed by atoms with Crippen LogP contribution in [0.1, 0.15) is 48.2 Å². The second-order valence-electron chi connectivity index (χ2n) is 6.66. The molecule has 8 heteroatoms. The number of pyridine rings is 1. The fourth-order valence-electron chi connectivity index (χ4n) is 2.80. The van der Waals surface area contributed by atoms with Crippen molar-refractivity contribution < 1.29 is 18.0 Å². The minimum atomic E-state index is -3.08. The molecule has 2 amide bonds. The quantitative estimate of drug-likeness (QED) is 0.813. The largest absolute Gasteiger partial charge is 0.350 e. The number of nitrogens with zero attached hydrogens (tertiary/aromatic N) is 2. The first-order valence-electron chi connectivity index (χ1n) is 8.50. The zero-order valence-electron chi connectivity index (χ0n) is 14.9. The minimum absolute atomic E-state index is 0.0128. The van der Waals surface area contributed by atoms with Gasteiger partial charge in [0, 0.05) is 19.1 Å². The first-order valence-corrected chi connectivity index (χ1v) is 10.3. The van der Waals surface area contributed by atoms with Gasteiger partial charge in [-0.15, -0.1) is 0 Å². The van der Waals surface area contributed by atoms with E-state index in [1.54, 1.807) is 18.2 Å². The van der Waals surface area contributed by atoms with Gasteiger partial charge in [-0.25, -0.2) is 13.4 Å². The summed E-state index contributed by atoms with van der Waals surface area (Å²) < 4.78 is 23.4. The SMILES string of the molecule is CCN(C(=O)c1cccc(C(=O)NCC(C)C)n1)C1CCS(=O)(=O)C1. The Morgan fingerprint density at radius 1 is 1.32 bits per heavy atom. The number of carbonyl (C=O) groups is 2.